The van der Waals surface area contributed by atoms with Crippen molar-refractivity contribution in [1.29, 1.82) is 0 Å². The Kier molecular flexibility index (Phi) is 1.85. The van der Waals surface area contributed by atoms with E-state index in [0.29, 0.717) is 5.56 Å². The fourth-order valence-corrected chi connectivity index (χ4v) is 1.48. The maximum Gasteiger partial charge on any atom is 0.174 e. The van der Waals surface area contributed by atoms with Gasteiger partial charge in [-0.3, -0.25) is 0 Å². The van der Waals surface area contributed by atoms with Crippen molar-refractivity contribution in [2.24, 2.45) is 10.9 Å². The molecule has 0 aromatic carbocycles. The van der Waals surface area contributed by atoms with Crippen LogP contribution in [0, 0.1) is 6.92 Å². The van der Waals surface area contributed by atoms with Gasteiger partial charge < -0.3 is 10.9 Å². The summed E-state index contributed by atoms with van der Waals surface area (Å²) < 4.78 is 1.70. The summed E-state index contributed by atoms with van der Waals surface area (Å²) in [5, 5.41) is 15.8. The first-order chi connectivity index (χ1) is 6.74. The Labute approximate surface area is 80.5 Å². The Hall–Kier alpha value is -2.04. The Balaban J connectivity index is 2.81. The van der Waals surface area contributed by atoms with E-state index >= 15 is 0 Å². The summed E-state index contributed by atoms with van der Waals surface area (Å²) in [7, 11) is 0. The zero-order valence-corrected chi connectivity index (χ0v) is 7.68. The lowest BCUT2D eigenvalue weighted by Gasteiger charge is -1.96. The molecule has 0 aliphatic heterocycles. The standard InChI is InChI=1S/C9H10N4O/c1-6-8(9(10)12-14)7-4-2-3-5-13(7)11-6/h2-5,14H,1H3,(H2,10,12). The van der Waals surface area contributed by atoms with Crippen LogP contribution in [0.25, 0.3) is 5.52 Å². The van der Waals surface area contributed by atoms with E-state index in [1.807, 2.05) is 31.3 Å². The van der Waals surface area contributed by atoms with E-state index in [1.165, 1.54) is 0 Å². The van der Waals surface area contributed by atoms with Crippen molar-refractivity contribution in [2.45, 2.75) is 6.92 Å². The second kappa shape index (κ2) is 3.02. The molecule has 0 bridgehead atoms. The number of fused-ring (bicyclic) bond motifs is 1. The quantitative estimate of drug-likeness (QED) is 0.301. The van der Waals surface area contributed by atoms with Gasteiger partial charge in [-0.25, -0.2) is 4.52 Å². The largest absolute Gasteiger partial charge is 0.409 e. The molecule has 0 amide bonds. The van der Waals surface area contributed by atoms with Crippen LogP contribution in [0.5, 0.6) is 0 Å². The SMILES string of the molecule is Cc1nn2ccccc2c1/C(N)=N\O. The van der Waals surface area contributed by atoms with E-state index in [2.05, 4.69) is 10.3 Å². The zero-order valence-electron chi connectivity index (χ0n) is 7.68. The van der Waals surface area contributed by atoms with Crippen LogP contribution >= 0.6 is 0 Å². The Morgan fingerprint density at radius 2 is 2.36 bits per heavy atom. The summed E-state index contributed by atoms with van der Waals surface area (Å²) in [5.41, 5.74) is 7.80. The van der Waals surface area contributed by atoms with Gasteiger partial charge in [0.25, 0.3) is 0 Å². The highest BCUT2D eigenvalue weighted by Crippen LogP contribution is 2.13. The van der Waals surface area contributed by atoms with Gasteiger partial charge in [-0.1, -0.05) is 11.2 Å². The highest BCUT2D eigenvalue weighted by molar-refractivity contribution is 6.04. The van der Waals surface area contributed by atoms with Crippen LogP contribution in [0.1, 0.15) is 11.3 Å². The topological polar surface area (TPSA) is 75.9 Å². The number of rotatable bonds is 1. The molecule has 0 aliphatic rings. The van der Waals surface area contributed by atoms with Gasteiger partial charge in [0, 0.05) is 6.20 Å². The number of oxime groups is 1. The fraction of sp³-hybridized carbons (Fsp3) is 0.111. The first-order valence-corrected chi connectivity index (χ1v) is 4.16. The molecule has 2 heterocycles. The van der Waals surface area contributed by atoms with E-state index in [-0.39, 0.29) is 5.84 Å². The normalized spacial score (nSPS) is 12.2. The van der Waals surface area contributed by atoms with Gasteiger partial charge in [0.05, 0.1) is 16.8 Å². The maximum absolute atomic E-state index is 8.62. The predicted molar refractivity (Wildman–Crippen MR) is 52.4 cm³/mol. The van der Waals surface area contributed by atoms with Crippen molar-refractivity contribution >= 4 is 11.4 Å². The molecule has 0 saturated heterocycles. The summed E-state index contributed by atoms with van der Waals surface area (Å²) in [6, 6.07) is 5.62. The van der Waals surface area contributed by atoms with Gasteiger partial charge in [-0.05, 0) is 19.1 Å². The van der Waals surface area contributed by atoms with Gasteiger partial charge in [0.2, 0.25) is 0 Å². The summed E-state index contributed by atoms with van der Waals surface area (Å²) in [6.45, 7) is 1.82. The van der Waals surface area contributed by atoms with Crippen molar-refractivity contribution in [3.8, 4) is 0 Å². The monoisotopic (exact) mass is 190 g/mol. The second-order valence-electron chi connectivity index (χ2n) is 2.98. The first-order valence-electron chi connectivity index (χ1n) is 4.16. The second-order valence-corrected chi connectivity index (χ2v) is 2.98. The average molecular weight is 190 g/mol. The van der Waals surface area contributed by atoms with E-state index in [0.717, 1.165) is 11.2 Å². The number of nitrogens with zero attached hydrogens (tertiary/aromatic N) is 3. The predicted octanol–water partition coefficient (Wildman–Crippen LogP) is 0.737. The van der Waals surface area contributed by atoms with E-state index < -0.39 is 0 Å². The lowest BCUT2D eigenvalue weighted by atomic mass is 10.2. The molecular formula is C9H10N4O. The molecule has 0 saturated carbocycles. The third-order valence-corrected chi connectivity index (χ3v) is 2.08. The minimum atomic E-state index is 0.0868. The maximum atomic E-state index is 8.62. The van der Waals surface area contributed by atoms with Crippen molar-refractivity contribution < 1.29 is 5.21 Å². The highest BCUT2D eigenvalue weighted by Gasteiger charge is 2.12. The van der Waals surface area contributed by atoms with Crippen LogP contribution in [-0.2, 0) is 0 Å². The van der Waals surface area contributed by atoms with Gasteiger partial charge in [-0.15, -0.1) is 0 Å². The minimum Gasteiger partial charge on any atom is -0.409 e. The van der Waals surface area contributed by atoms with E-state index in [4.69, 9.17) is 10.9 Å². The average Bonchev–Trinajstić information content (AvgIpc) is 2.53. The zero-order chi connectivity index (χ0) is 10.1. The van der Waals surface area contributed by atoms with Gasteiger partial charge in [0.15, 0.2) is 5.84 Å². The highest BCUT2D eigenvalue weighted by atomic mass is 16.4. The van der Waals surface area contributed by atoms with Crippen LogP contribution in [0.4, 0.5) is 0 Å². The fourth-order valence-electron chi connectivity index (χ4n) is 1.48. The van der Waals surface area contributed by atoms with Crippen LogP contribution in [-0.4, -0.2) is 20.7 Å². The molecule has 72 valence electrons. The number of pyridine rings is 1. The van der Waals surface area contributed by atoms with Crippen LogP contribution in [0.2, 0.25) is 0 Å². The third-order valence-electron chi connectivity index (χ3n) is 2.08. The summed E-state index contributed by atoms with van der Waals surface area (Å²) in [5.74, 6) is 0.0868. The first kappa shape index (κ1) is 8.55. The number of nitrogens with two attached hydrogens (primary N) is 1. The summed E-state index contributed by atoms with van der Waals surface area (Å²) >= 11 is 0. The van der Waals surface area contributed by atoms with Gasteiger partial charge in [0.1, 0.15) is 0 Å². The molecule has 5 heteroatoms. The molecule has 0 fully saturated rings. The van der Waals surface area contributed by atoms with Crippen LogP contribution < -0.4 is 5.73 Å². The molecule has 14 heavy (non-hydrogen) atoms. The van der Waals surface area contributed by atoms with Gasteiger partial charge >= 0.3 is 0 Å². The molecule has 0 atom stereocenters. The molecule has 3 N–H and O–H groups in total. The van der Waals surface area contributed by atoms with Gasteiger partial charge in [-0.2, -0.15) is 5.10 Å². The van der Waals surface area contributed by atoms with Crippen molar-refractivity contribution in [2.75, 3.05) is 0 Å². The molecule has 0 radical (unpaired) electrons. The third kappa shape index (κ3) is 1.10. The molecular weight excluding hydrogens is 180 g/mol. The molecule has 2 rings (SSSR count). The number of aryl methyl sites for hydroxylation is 1. The van der Waals surface area contributed by atoms with Crippen LogP contribution in [0.15, 0.2) is 29.6 Å². The van der Waals surface area contributed by atoms with Crippen LogP contribution in [0.3, 0.4) is 0 Å². The Morgan fingerprint density at radius 3 is 3.07 bits per heavy atom. The number of amidine groups is 1. The Bertz CT molecular complexity index is 500. The van der Waals surface area contributed by atoms with Crippen molar-refractivity contribution in [3.05, 3.63) is 35.7 Å². The van der Waals surface area contributed by atoms with Crippen molar-refractivity contribution in [3.63, 3.8) is 0 Å². The molecule has 0 unspecified atom stereocenters. The Morgan fingerprint density at radius 1 is 1.57 bits per heavy atom. The summed E-state index contributed by atoms with van der Waals surface area (Å²) in [6.07, 6.45) is 1.82. The lowest BCUT2D eigenvalue weighted by Crippen LogP contribution is -2.13. The molecule has 0 aliphatic carbocycles. The minimum absolute atomic E-state index is 0.0868. The van der Waals surface area contributed by atoms with E-state index in [1.54, 1.807) is 4.52 Å². The number of hydrogen-bond donors (Lipinski definition) is 2. The summed E-state index contributed by atoms with van der Waals surface area (Å²) in [4.78, 5) is 0. The van der Waals surface area contributed by atoms with E-state index in [9.17, 15) is 0 Å². The smallest absolute Gasteiger partial charge is 0.174 e. The number of aromatic nitrogens is 2. The molecule has 0 spiro atoms. The lowest BCUT2D eigenvalue weighted by molar-refractivity contribution is 0.318. The number of hydrogen-bond acceptors (Lipinski definition) is 3. The molecule has 2 aromatic heterocycles. The molecule has 5 nitrogen and oxygen atoms in total. The van der Waals surface area contributed by atoms with Crippen molar-refractivity contribution in [1.82, 2.24) is 9.61 Å². The molecule has 2 aromatic rings.